The number of aliphatic hydroxyl groups excluding tert-OH is 1. The third-order valence-electron chi connectivity index (χ3n) is 4.27. The Morgan fingerprint density at radius 3 is 2.47 bits per heavy atom. The van der Waals surface area contributed by atoms with Gasteiger partial charge in [0, 0.05) is 6.04 Å². The molecule has 0 aromatic carbocycles. The molecule has 3 aliphatic heterocycles. The minimum atomic E-state index is -0.0193. The molecule has 3 saturated heterocycles. The number of hydrogen-bond acceptors (Lipinski definition) is 2. The second-order valence-corrected chi connectivity index (χ2v) is 5.28. The number of rotatable bonds is 5. The Morgan fingerprint density at radius 2 is 1.87 bits per heavy atom. The Morgan fingerprint density at radius 1 is 1.13 bits per heavy atom. The summed E-state index contributed by atoms with van der Waals surface area (Å²) in [6, 6.07) is 0.495. The van der Waals surface area contributed by atoms with Crippen molar-refractivity contribution in [3.8, 4) is 0 Å². The van der Waals surface area contributed by atoms with Crippen molar-refractivity contribution < 1.29 is 5.11 Å². The largest absolute Gasteiger partial charge is 0.391 e. The van der Waals surface area contributed by atoms with Crippen LogP contribution in [-0.2, 0) is 0 Å². The van der Waals surface area contributed by atoms with Gasteiger partial charge in [-0.05, 0) is 38.3 Å². The molecular formula is C13H25NO. The lowest BCUT2D eigenvalue weighted by molar-refractivity contribution is -0.0752. The van der Waals surface area contributed by atoms with Crippen molar-refractivity contribution in [3.05, 3.63) is 0 Å². The highest BCUT2D eigenvalue weighted by Crippen LogP contribution is 2.34. The minimum absolute atomic E-state index is 0.0193. The van der Waals surface area contributed by atoms with Crippen LogP contribution in [0, 0.1) is 5.92 Å². The minimum Gasteiger partial charge on any atom is -0.391 e. The molecule has 3 aliphatic rings. The topological polar surface area (TPSA) is 23.5 Å². The van der Waals surface area contributed by atoms with Crippen LogP contribution in [0.5, 0.6) is 0 Å². The van der Waals surface area contributed by atoms with E-state index in [1.54, 1.807) is 0 Å². The second-order valence-electron chi connectivity index (χ2n) is 5.28. The van der Waals surface area contributed by atoms with Crippen molar-refractivity contribution in [2.24, 2.45) is 5.92 Å². The quantitative estimate of drug-likeness (QED) is 0.706. The maximum absolute atomic E-state index is 10.2. The van der Waals surface area contributed by atoms with E-state index in [1.165, 1.54) is 58.0 Å². The maximum atomic E-state index is 10.2. The molecule has 2 atom stereocenters. The fourth-order valence-corrected chi connectivity index (χ4v) is 3.26. The third-order valence-corrected chi connectivity index (χ3v) is 4.27. The van der Waals surface area contributed by atoms with E-state index < -0.39 is 0 Å². The van der Waals surface area contributed by atoms with Crippen molar-refractivity contribution in [1.82, 2.24) is 4.90 Å². The van der Waals surface area contributed by atoms with Crippen LogP contribution < -0.4 is 0 Å². The number of nitrogens with zero attached hydrogens (tertiary/aromatic N) is 1. The summed E-state index contributed by atoms with van der Waals surface area (Å²) in [5.74, 6) is 0.617. The van der Waals surface area contributed by atoms with E-state index in [4.69, 9.17) is 0 Å². The number of hydrogen-bond donors (Lipinski definition) is 1. The van der Waals surface area contributed by atoms with Crippen LogP contribution in [0.4, 0.5) is 0 Å². The SMILES string of the molecule is CCCCCC[C@H]1[C@@H](O)C2CCN1CC2. The summed E-state index contributed by atoms with van der Waals surface area (Å²) in [6.07, 6.45) is 8.97. The molecule has 0 unspecified atom stereocenters. The first kappa shape index (κ1) is 11.4. The molecule has 2 nitrogen and oxygen atoms in total. The lowest BCUT2D eigenvalue weighted by Crippen LogP contribution is -2.57. The molecule has 2 bridgehead atoms. The first-order valence-electron chi connectivity index (χ1n) is 6.75. The number of piperidine rings is 3. The Hall–Kier alpha value is -0.0800. The summed E-state index contributed by atoms with van der Waals surface area (Å²) in [4.78, 5) is 2.52. The molecule has 0 aliphatic carbocycles. The molecule has 0 saturated carbocycles. The van der Waals surface area contributed by atoms with Gasteiger partial charge in [-0.1, -0.05) is 32.6 Å². The average Bonchev–Trinajstić information content (AvgIpc) is 2.28. The van der Waals surface area contributed by atoms with Gasteiger partial charge in [0.15, 0.2) is 0 Å². The standard InChI is InChI=1S/C13H25NO/c1-2-3-4-5-6-12-13(15)11-7-9-14(12)10-8-11/h11-13,15H,2-10H2,1H3/t12-,13-/m0/s1. The summed E-state index contributed by atoms with van der Waals surface area (Å²) in [7, 11) is 0. The molecule has 0 aromatic heterocycles. The van der Waals surface area contributed by atoms with Crippen molar-refractivity contribution >= 4 is 0 Å². The molecule has 0 spiro atoms. The van der Waals surface area contributed by atoms with Gasteiger partial charge in [-0.25, -0.2) is 0 Å². The molecule has 2 heteroatoms. The summed E-state index contributed by atoms with van der Waals surface area (Å²) >= 11 is 0. The van der Waals surface area contributed by atoms with Gasteiger partial charge in [0.2, 0.25) is 0 Å². The van der Waals surface area contributed by atoms with Gasteiger partial charge < -0.3 is 5.11 Å². The lowest BCUT2D eigenvalue weighted by atomic mass is 9.79. The molecule has 0 amide bonds. The number of unbranched alkanes of at least 4 members (excludes halogenated alkanes) is 3. The van der Waals surface area contributed by atoms with Crippen LogP contribution in [0.15, 0.2) is 0 Å². The summed E-state index contributed by atoms with van der Waals surface area (Å²) in [6.45, 7) is 4.72. The first-order valence-corrected chi connectivity index (χ1v) is 6.75. The van der Waals surface area contributed by atoms with Crippen molar-refractivity contribution in [1.29, 1.82) is 0 Å². The zero-order chi connectivity index (χ0) is 10.7. The monoisotopic (exact) mass is 211 g/mol. The Labute approximate surface area is 93.7 Å². The molecule has 3 rings (SSSR count). The van der Waals surface area contributed by atoms with E-state index >= 15 is 0 Å². The molecule has 3 fully saturated rings. The van der Waals surface area contributed by atoms with E-state index in [9.17, 15) is 5.11 Å². The summed E-state index contributed by atoms with van der Waals surface area (Å²) in [5.41, 5.74) is 0. The van der Waals surface area contributed by atoms with Crippen LogP contribution in [0.1, 0.15) is 51.9 Å². The Bertz CT molecular complexity index is 185. The van der Waals surface area contributed by atoms with Crippen molar-refractivity contribution in [2.45, 2.75) is 64.0 Å². The fraction of sp³-hybridized carbons (Fsp3) is 1.00. The third kappa shape index (κ3) is 2.54. The number of aliphatic hydroxyl groups is 1. The van der Waals surface area contributed by atoms with Crippen molar-refractivity contribution in [3.63, 3.8) is 0 Å². The molecular weight excluding hydrogens is 186 g/mol. The average molecular weight is 211 g/mol. The second kappa shape index (κ2) is 5.31. The summed E-state index contributed by atoms with van der Waals surface area (Å²) in [5, 5.41) is 10.2. The fourth-order valence-electron chi connectivity index (χ4n) is 3.26. The molecule has 0 radical (unpaired) electrons. The van der Waals surface area contributed by atoms with Gasteiger partial charge in [-0.15, -0.1) is 0 Å². The van der Waals surface area contributed by atoms with E-state index in [2.05, 4.69) is 11.8 Å². The van der Waals surface area contributed by atoms with E-state index in [1.807, 2.05) is 0 Å². The highest BCUT2D eigenvalue weighted by molar-refractivity contribution is 4.94. The predicted octanol–water partition coefficient (Wildman–Crippen LogP) is 2.41. The maximum Gasteiger partial charge on any atom is 0.0724 e. The van der Waals surface area contributed by atoms with Crippen molar-refractivity contribution in [2.75, 3.05) is 13.1 Å². The van der Waals surface area contributed by atoms with Crippen LogP contribution in [-0.4, -0.2) is 35.2 Å². The van der Waals surface area contributed by atoms with Gasteiger partial charge in [-0.2, -0.15) is 0 Å². The Kier molecular flexibility index (Phi) is 4.04. The zero-order valence-electron chi connectivity index (χ0n) is 9.99. The van der Waals surface area contributed by atoms with Gasteiger partial charge >= 0.3 is 0 Å². The molecule has 1 N–H and O–H groups in total. The van der Waals surface area contributed by atoms with E-state index in [-0.39, 0.29) is 6.10 Å². The van der Waals surface area contributed by atoms with Crippen LogP contribution >= 0.6 is 0 Å². The summed E-state index contributed by atoms with van der Waals surface area (Å²) < 4.78 is 0. The van der Waals surface area contributed by atoms with Gasteiger partial charge in [0.25, 0.3) is 0 Å². The highest BCUT2D eigenvalue weighted by Gasteiger charge is 2.40. The normalized spacial score (nSPS) is 39.6. The van der Waals surface area contributed by atoms with Gasteiger partial charge in [0.05, 0.1) is 6.10 Å². The van der Waals surface area contributed by atoms with E-state index in [0.29, 0.717) is 12.0 Å². The predicted molar refractivity (Wildman–Crippen MR) is 62.9 cm³/mol. The van der Waals surface area contributed by atoms with Gasteiger partial charge in [-0.3, -0.25) is 4.90 Å². The van der Waals surface area contributed by atoms with E-state index in [0.717, 1.165) is 0 Å². The van der Waals surface area contributed by atoms with Crippen LogP contribution in [0.25, 0.3) is 0 Å². The first-order chi connectivity index (χ1) is 7.33. The molecule has 15 heavy (non-hydrogen) atoms. The molecule has 88 valence electrons. The van der Waals surface area contributed by atoms with Gasteiger partial charge in [0.1, 0.15) is 0 Å². The van der Waals surface area contributed by atoms with Crippen LogP contribution in [0.2, 0.25) is 0 Å². The zero-order valence-corrected chi connectivity index (χ0v) is 9.99. The molecule has 3 heterocycles. The Balaban J connectivity index is 1.76. The van der Waals surface area contributed by atoms with Crippen LogP contribution in [0.3, 0.4) is 0 Å². The molecule has 0 aromatic rings. The number of fused-ring (bicyclic) bond motifs is 3. The smallest absolute Gasteiger partial charge is 0.0724 e. The lowest BCUT2D eigenvalue weighted by Gasteiger charge is -2.49. The highest BCUT2D eigenvalue weighted by atomic mass is 16.3.